The molecule has 0 aliphatic carbocycles. The molecule has 2 amide bonds. The Morgan fingerprint density at radius 3 is 2.12 bits per heavy atom. The number of nitrogens with one attached hydrogen (secondary N) is 2. The molecule has 0 saturated carbocycles. The molecule has 0 fully saturated rings. The topological polar surface area (TPSA) is 76.7 Å². The molecule has 0 spiro atoms. The van der Waals surface area contributed by atoms with Crippen LogP contribution in [0.5, 0.6) is 11.5 Å². The van der Waals surface area contributed by atoms with E-state index in [0.717, 1.165) is 5.75 Å². The molecule has 0 bridgehead atoms. The maximum absolute atomic E-state index is 12.0. The number of anilines is 1. The standard InChI is InChI=1S/C19H22N2O4/c1-13(2)25-17-10-6-15(7-11-17)21-18(22)12-20-19(23)14-4-8-16(24-3)9-5-14/h4-11,13H,12H2,1-3H3,(H,20,23)(H,21,22). The third kappa shape index (κ3) is 5.84. The summed E-state index contributed by atoms with van der Waals surface area (Å²) in [5, 5.41) is 5.30. The first kappa shape index (κ1) is 18.3. The average Bonchev–Trinajstić information content (AvgIpc) is 2.61. The molecule has 0 atom stereocenters. The molecule has 6 heteroatoms. The highest BCUT2D eigenvalue weighted by molar-refractivity contribution is 5.99. The van der Waals surface area contributed by atoms with Crippen LogP contribution in [0.3, 0.4) is 0 Å². The Balaban J connectivity index is 1.82. The normalized spacial score (nSPS) is 10.2. The maximum atomic E-state index is 12.0. The largest absolute Gasteiger partial charge is 0.497 e. The second-order valence-electron chi connectivity index (χ2n) is 5.65. The van der Waals surface area contributed by atoms with E-state index < -0.39 is 0 Å². The molecule has 2 rings (SSSR count). The minimum Gasteiger partial charge on any atom is -0.497 e. The number of methoxy groups -OCH3 is 1. The number of benzene rings is 2. The van der Waals surface area contributed by atoms with E-state index in [0.29, 0.717) is 17.0 Å². The second kappa shape index (κ2) is 8.73. The molecule has 2 N–H and O–H groups in total. The molecule has 0 aromatic heterocycles. The highest BCUT2D eigenvalue weighted by Gasteiger charge is 2.08. The minimum absolute atomic E-state index is 0.0913. The van der Waals surface area contributed by atoms with E-state index in [9.17, 15) is 9.59 Å². The van der Waals surface area contributed by atoms with Crippen LogP contribution in [0, 0.1) is 0 Å². The SMILES string of the molecule is COc1ccc(C(=O)NCC(=O)Nc2ccc(OC(C)C)cc2)cc1. The molecule has 25 heavy (non-hydrogen) atoms. The van der Waals surface area contributed by atoms with Crippen molar-refractivity contribution in [1.29, 1.82) is 0 Å². The van der Waals surface area contributed by atoms with Gasteiger partial charge in [-0.3, -0.25) is 9.59 Å². The number of carbonyl (C=O) groups is 2. The molecular weight excluding hydrogens is 320 g/mol. The fraction of sp³-hybridized carbons (Fsp3) is 0.263. The van der Waals surface area contributed by atoms with E-state index in [1.165, 1.54) is 0 Å². The molecule has 0 heterocycles. The summed E-state index contributed by atoms with van der Waals surface area (Å²) in [5.74, 6) is 0.776. The van der Waals surface area contributed by atoms with Gasteiger partial charge >= 0.3 is 0 Å². The van der Waals surface area contributed by atoms with Crippen LogP contribution in [0.2, 0.25) is 0 Å². The molecule has 6 nitrogen and oxygen atoms in total. The van der Waals surface area contributed by atoms with Crippen molar-refractivity contribution >= 4 is 17.5 Å². The number of carbonyl (C=O) groups excluding carboxylic acids is 2. The van der Waals surface area contributed by atoms with Crippen molar-refractivity contribution in [3.05, 3.63) is 54.1 Å². The van der Waals surface area contributed by atoms with Crippen molar-refractivity contribution in [1.82, 2.24) is 5.32 Å². The van der Waals surface area contributed by atoms with E-state index in [1.807, 2.05) is 13.8 Å². The van der Waals surface area contributed by atoms with Crippen LogP contribution in [0.25, 0.3) is 0 Å². The summed E-state index contributed by atoms with van der Waals surface area (Å²) in [6.45, 7) is 3.78. The highest BCUT2D eigenvalue weighted by atomic mass is 16.5. The lowest BCUT2D eigenvalue weighted by atomic mass is 10.2. The lowest BCUT2D eigenvalue weighted by molar-refractivity contribution is -0.115. The lowest BCUT2D eigenvalue weighted by Gasteiger charge is -2.11. The van der Waals surface area contributed by atoms with Gasteiger partial charge in [0.25, 0.3) is 5.91 Å². The first-order chi connectivity index (χ1) is 12.0. The first-order valence-corrected chi connectivity index (χ1v) is 7.96. The van der Waals surface area contributed by atoms with E-state index in [-0.39, 0.29) is 24.5 Å². The summed E-state index contributed by atoms with van der Waals surface area (Å²) in [7, 11) is 1.56. The molecule has 132 valence electrons. The maximum Gasteiger partial charge on any atom is 0.251 e. The summed E-state index contributed by atoms with van der Waals surface area (Å²) in [6, 6.07) is 13.7. The third-order valence-electron chi connectivity index (χ3n) is 3.27. The van der Waals surface area contributed by atoms with Gasteiger partial charge in [-0.05, 0) is 62.4 Å². The molecule has 0 aliphatic heterocycles. The van der Waals surface area contributed by atoms with Crippen molar-refractivity contribution in [2.24, 2.45) is 0 Å². The Labute approximate surface area is 147 Å². The molecule has 0 unspecified atom stereocenters. The first-order valence-electron chi connectivity index (χ1n) is 7.96. The van der Waals surface area contributed by atoms with E-state index in [1.54, 1.807) is 55.6 Å². The average molecular weight is 342 g/mol. The predicted octanol–water partition coefficient (Wildman–Crippen LogP) is 2.85. The number of hydrogen-bond acceptors (Lipinski definition) is 4. The zero-order chi connectivity index (χ0) is 18.2. The summed E-state index contributed by atoms with van der Waals surface area (Å²) in [4.78, 5) is 23.9. The highest BCUT2D eigenvalue weighted by Crippen LogP contribution is 2.16. The third-order valence-corrected chi connectivity index (χ3v) is 3.27. The van der Waals surface area contributed by atoms with E-state index in [2.05, 4.69) is 10.6 Å². The van der Waals surface area contributed by atoms with Crippen molar-refractivity contribution < 1.29 is 19.1 Å². The van der Waals surface area contributed by atoms with Crippen LogP contribution in [-0.4, -0.2) is 31.6 Å². The molecular formula is C19H22N2O4. The van der Waals surface area contributed by atoms with E-state index >= 15 is 0 Å². The van der Waals surface area contributed by atoms with Crippen molar-refractivity contribution in [2.45, 2.75) is 20.0 Å². The van der Waals surface area contributed by atoms with Gasteiger partial charge in [-0.1, -0.05) is 0 Å². The zero-order valence-corrected chi connectivity index (χ0v) is 14.5. The van der Waals surface area contributed by atoms with Crippen LogP contribution in [0.15, 0.2) is 48.5 Å². The Kier molecular flexibility index (Phi) is 6.39. The summed E-state index contributed by atoms with van der Waals surface area (Å²) in [6.07, 6.45) is 0.0913. The van der Waals surface area contributed by atoms with Gasteiger partial charge < -0.3 is 20.1 Å². The fourth-order valence-electron chi connectivity index (χ4n) is 2.10. The minimum atomic E-state index is -0.321. The Morgan fingerprint density at radius 2 is 1.56 bits per heavy atom. The Hall–Kier alpha value is -3.02. The van der Waals surface area contributed by atoms with Crippen LogP contribution >= 0.6 is 0 Å². The quantitative estimate of drug-likeness (QED) is 0.811. The van der Waals surface area contributed by atoms with Gasteiger partial charge in [0, 0.05) is 11.3 Å². The summed E-state index contributed by atoms with van der Waals surface area (Å²) >= 11 is 0. The van der Waals surface area contributed by atoms with Crippen LogP contribution in [-0.2, 0) is 4.79 Å². The van der Waals surface area contributed by atoms with Crippen molar-refractivity contribution in [3.63, 3.8) is 0 Å². The van der Waals surface area contributed by atoms with Crippen molar-refractivity contribution in [2.75, 3.05) is 19.0 Å². The fourth-order valence-corrected chi connectivity index (χ4v) is 2.10. The predicted molar refractivity (Wildman–Crippen MR) is 96.2 cm³/mol. The van der Waals surface area contributed by atoms with Crippen LogP contribution in [0.1, 0.15) is 24.2 Å². The monoisotopic (exact) mass is 342 g/mol. The van der Waals surface area contributed by atoms with Crippen LogP contribution < -0.4 is 20.1 Å². The van der Waals surface area contributed by atoms with Gasteiger partial charge in [-0.2, -0.15) is 0 Å². The Bertz CT molecular complexity index is 709. The smallest absolute Gasteiger partial charge is 0.251 e. The van der Waals surface area contributed by atoms with Gasteiger partial charge in [-0.15, -0.1) is 0 Å². The molecule has 0 radical (unpaired) electrons. The Morgan fingerprint density at radius 1 is 0.960 bits per heavy atom. The number of amides is 2. The number of hydrogen-bond donors (Lipinski definition) is 2. The van der Waals surface area contributed by atoms with Gasteiger partial charge in [0.2, 0.25) is 5.91 Å². The van der Waals surface area contributed by atoms with Gasteiger partial charge in [-0.25, -0.2) is 0 Å². The molecule has 0 aliphatic rings. The molecule has 0 saturated heterocycles. The zero-order valence-electron chi connectivity index (χ0n) is 14.5. The summed E-state index contributed by atoms with van der Waals surface area (Å²) in [5.41, 5.74) is 1.10. The summed E-state index contributed by atoms with van der Waals surface area (Å²) < 4.78 is 10.6. The van der Waals surface area contributed by atoms with Gasteiger partial charge in [0.15, 0.2) is 0 Å². The van der Waals surface area contributed by atoms with Crippen molar-refractivity contribution in [3.8, 4) is 11.5 Å². The van der Waals surface area contributed by atoms with Gasteiger partial charge in [0.1, 0.15) is 11.5 Å². The van der Waals surface area contributed by atoms with Crippen LogP contribution in [0.4, 0.5) is 5.69 Å². The number of rotatable bonds is 7. The number of ether oxygens (including phenoxy) is 2. The molecule has 2 aromatic carbocycles. The van der Waals surface area contributed by atoms with E-state index in [4.69, 9.17) is 9.47 Å². The lowest BCUT2D eigenvalue weighted by Crippen LogP contribution is -2.32. The second-order valence-corrected chi connectivity index (χ2v) is 5.65. The van der Waals surface area contributed by atoms with Gasteiger partial charge in [0.05, 0.1) is 19.8 Å². The molecule has 2 aromatic rings.